The fourth-order valence-corrected chi connectivity index (χ4v) is 3.02. The predicted octanol–water partition coefficient (Wildman–Crippen LogP) is 3.51. The summed E-state index contributed by atoms with van der Waals surface area (Å²) in [5.74, 6) is 1.66. The van der Waals surface area contributed by atoms with Crippen LogP contribution in [0.25, 0.3) is 0 Å². The second-order valence-corrected chi connectivity index (χ2v) is 6.00. The van der Waals surface area contributed by atoms with Crippen LogP contribution >= 0.6 is 0 Å². The van der Waals surface area contributed by atoms with Gasteiger partial charge in [0.25, 0.3) is 5.91 Å². The number of ether oxygens (including phenoxy) is 1. The van der Waals surface area contributed by atoms with E-state index in [-0.39, 0.29) is 5.91 Å². The average Bonchev–Trinajstić information content (AvgIpc) is 3.10. The molecule has 25 heavy (non-hydrogen) atoms. The molecule has 2 aromatic carbocycles. The first-order valence-corrected chi connectivity index (χ1v) is 8.43. The van der Waals surface area contributed by atoms with Crippen LogP contribution in [0.1, 0.15) is 22.5 Å². The van der Waals surface area contributed by atoms with E-state index < -0.39 is 0 Å². The van der Waals surface area contributed by atoms with Crippen LogP contribution in [0.3, 0.4) is 0 Å². The summed E-state index contributed by atoms with van der Waals surface area (Å²) in [4.78, 5) is 14.6. The molecule has 0 bridgehead atoms. The van der Waals surface area contributed by atoms with Gasteiger partial charge >= 0.3 is 0 Å². The van der Waals surface area contributed by atoms with Crippen molar-refractivity contribution < 1.29 is 9.53 Å². The Hall–Kier alpha value is -3.08. The van der Waals surface area contributed by atoms with Crippen LogP contribution in [-0.2, 0) is 13.2 Å². The maximum absolute atomic E-state index is 12.8. The Balaban J connectivity index is 1.53. The summed E-state index contributed by atoms with van der Waals surface area (Å²) in [6.45, 7) is 1.91. The van der Waals surface area contributed by atoms with Crippen molar-refractivity contribution >= 4 is 11.7 Å². The van der Waals surface area contributed by atoms with Crippen molar-refractivity contribution in [3.8, 4) is 5.75 Å². The highest BCUT2D eigenvalue weighted by Gasteiger charge is 2.25. The van der Waals surface area contributed by atoms with Gasteiger partial charge in [-0.25, -0.2) is 4.68 Å². The van der Waals surface area contributed by atoms with E-state index in [1.807, 2.05) is 71.4 Å². The zero-order chi connectivity index (χ0) is 17.1. The normalized spacial score (nSPS) is 13.4. The van der Waals surface area contributed by atoms with Gasteiger partial charge in [0.15, 0.2) is 0 Å². The topological polar surface area (TPSA) is 47.4 Å². The smallest absolute Gasteiger partial charge is 0.259 e. The molecule has 0 spiro atoms. The molecule has 0 fully saturated rings. The molecule has 1 aliphatic rings. The van der Waals surface area contributed by atoms with Crippen molar-refractivity contribution in [1.29, 1.82) is 0 Å². The number of benzene rings is 2. The highest BCUT2D eigenvalue weighted by Crippen LogP contribution is 2.24. The van der Waals surface area contributed by atoms with Crippen LogP contribution in [0, 0.1) is 0 Å². The lowest BCUT2D eigenvalue weighted by molar-refractivity contribution is 0.0981. The molecule has 1 aromatic heterocycles. The minimum absolute atomic E-state index is 0.0111. The molecule has 0 aliphatic carbocycles. The first kappa shape index (κ1) is 15.4. The first-order valence-electron chi connectivity index (χ1n) is 8.43. The monoisotopic (exact) mass is 333 g/mol. The first-order chi connectivity index (χ1) is 12.3. The molecule has 3 aromatic rings. The fourth-order valence-electron chi connectivity index (χ4n) is 3.02. The van der Waals surface area contributed by atoms with E-state index in [9.17, 15) is 4.79 Å². The quantitative estimate of drug-likeness (QED) is 0.734. The number of fused-ring (bicyclic) bond motifs is 1. The second-order valence-electron chi connectivity index (χ2n) is 6.00. The molecule has 0 saturated carbocycles. The minimum atomic E-state index is 0.0111. The molecule has 5 heteroatoms. The van der Waals surface area contributed by atoms with E-state index in [1.54, 1.807) is 4.90 Å². The zero-order valence-corrected chi connectivity index (χ0v) is 13.8. The van der Waals surface area contributed by atoms with Gasteiger partial charge in [-0.2, -0.15) is 5.10 Å². The highest BCUT2D eigenvalue weighted by atomic mass is 16.5. The van der Waals surface area contributed by atoms with Crippen LogP contribution in [0.4, 0.5) is 5.82 Å². The van der Waals surface area contributed by atoms with Gasteiger partial charge in [0.2, 0.25) is 0 Å². The molecule has 0 atom stereocenters. The van der Waals surface area contributed by atoms with Crippen LogP contribution in [-0.4, -0.2) is 22.2 Å². The van der Waals surface area contributed by atoms with E-state index in [0.717, 1.165) is 30.2 Å². The Morgan fingerprint density at radius 1 is 1.00 bits per heavy atom. The van der Waals surface area contributed by atoms with Gasteiger partial charge in [0.05, 0.1) is 0 Å². The molecule has 2 heterocycles. The van der Waals surface area contributed by atoms with Gasteiger partial charge in [-0.1, -0.05) is 36.4 Å². The lowest BCUT2D eigenvalue weighted by atomic mass is 10.2. The van der Waals surface area contributed by atoms with E-state index in [4.69, 9.17) is 4.74 Å². The lowest BCUT2D eigenvalue weighted by Gasteiger charge is -2.27. The molecule has 126 valence electrons. The number of anilines is 1. The summed E-state index contributed by atoms with van der Waals surface area (Å²) >= 11 is 0. The Morgan fingerprint density at radius 2 is 1.72 bits per heavy atom. The Labute approximate surface area is 146 Å². The van der Waals surface area contributed by atoms with Gasteiger partial charge in [0.1, 0.15) is 23.9 Å². The van der Waals surface area contributed by atoms with Crippen molar-refractivity contribution in [2.24, 2.45) is 0 Å². The summed E-state index contributed by atoms with van der Waals surface area (Å²) in [5, 5.41) is 4.59. The largest absolute Gasteiger partial charge is 0.487 e. The van der Waals surface area contributed by atoms with Gasteiger partial charge in [0, 0.05) is 24.7 Å². The molecule has 1 aliphatic heterocycles. The predicted molar refractivity (Wildman–Crippen MR) is 95.7 cm³/mol. The average molecular weight is 333 g/mol. The summed E-state index contributed by atoms with van der Waals surface area (Å²) in [6.07, 6.45) is 0.895. The number of aromatic nitrogens is 2. The second kappa shape index (κ2) is 6.81. The van der Waals surface area contributed by atoms with Crippen LogP contribution < -0.4 is 9.64 Å². The van der Waals surface area contributed by atoms with Gasteiger partial charge in [-0.15, -0.1) is 0 Å². The molecule has 0 radical (unpaired) electrons. The van der Waals surface area contributed by atoms with Crippen LogP contribution in [0.5, 0.6) is 5.75 Å². The third kappa shape index (κ3) is 3.26. The van der Waals surface area contributed by atoms with Crippen LogP contribution in [0.2, 0.25) is 0 Å². The Morgan fingerprint density at radius 3 is 2.48 bits per heavy atom. The van der Waals surface area contributed by atoms with Crippen LogP contribution in [0.15, 0.2) is 66.7 Å². The van der Waals surface area contributed by atoms with E-state index >= 15 is 0 Å². The fraction of sp³-hybridized carbons (Fsp3) is 0.200. The van der Waals surface area contributed by atoms with Gasteiger partial charge < -0.3 is 4.74 Å². The Kier molecular flexibility index (Phi) is 4.21. The van der Waals surface area contributed by atoms with Crippen molar-refractivity contribution in [3.05, 3.63) is 78.0 Å². The number of carbonyl (C=O) groups is 1. The van der Waals surface area contributed by atoms with Crippen molar-refractivity contribution in [2.45, 2.75) is 19.6 Å². The molecule has 0 unspecified atom stereocenters. The molecular formula is C20H19N3O2. The third-order valence-corrected chi connectivity index (χ3v) is 4.23. The van der Waals surface area contributed by atoms with Gasteiger partial charge in [-0.05, 0) is 30.7 Å². The molecule has 4 rings (SSSR count). The number of aryl methyl sites for hydroxylation is 1. The summed E-state index contributed by atoms with van der Waals surface area (Å²) < 4.78 is 7.67. The molecule has 0 saturated heterocycles. The number of hydrogen-bond donors (Lipinski definition) is 0. The summed E-state index contributed by atoms with van der Waals surface area (Å²) in [7, 11) is 0. The van der Waals surface area contributed by atoms with E-state index in [2.05, 4.69) is 5.10 Å². The molecule has 0 N–H and O–H groups in total. The zero-order valence-electron chi connectivity index (χ0n) is 13.8. The minimum Gasteiger partial charge on any atom is -0.487 e. The van der Waals surface area contributed by atoms with Crippen molar-refractivity contribution in [2.75, 3.05) is 11.4 Å². The number of para-hydroxylation sites is 1. The maximum atomic E-state index is 12.8. The molecule has 5 nitrogen and oxygen atoms in total. The highest BCUT2D eigenvalue weighted by molar-refractivity contribution is 6.05. The van der Waals surface area contributed by atoms with Crippen molar-refractivity contribution in [3.63, 3.8) is 0 Å². The molecular weight excluding hydrogens is 314 g/mol. The van der Waals surface area contributed by atoms with E-state index in [1.165, 1.54) is 0 Å². The number of nitrogens with zero attached hydrogens (tertiary/aromatic N) is 3. The third-order valence-electron chi connectivity index (χ3n) is 4.23. The standard InChI is InChI=1S/C20H19N3O2/c24-20(16-8-3-1-4-9-16)22-12-7-13-23-19(22)14-17(21-23)15-25-18-10-5-2-6-11-18/h1-6,8-11,14H,7,12-13,15H2. The number of rotatable bonds is 4. The summed E-state index contributed by atoms with van der Waals surface area (Å²) in [6, 6.07) is 21.0. The van der Waals surface area contributed by atoms with E-state index in [0.29, 0.717) is 18.7 Å². The Bertz CT molecular complexity index is 859. The SMILES string of the molecule is O=C(c1ccccc1)N1CCCn2nc(COc3ccccc3)cc21. The number of amides is 1. The molecule has 1 amide bonds. The number of hydrogen-bond acceptors (Lipinski definition) is 3. The lowest BCUT2D eigenvalue weighted by Crippen LogP contribution is -2.37. The summed E-state index contributed by atoms with van der Waals surface area (Å²) in [5.41, 5.74) is 1.52. The maximum Gasteiger partial charge on any atom is 0.259 e. The van der Waals surface area contributed by atoms with Crippen molar-refractivity contribution in [1.82, 2.24) is 9.78 Å². The van der Waals surface area contributed by atoms with Gasteiger partial charge in [-0.3, -0.25) is 9.69 Å². The number of carbonyl (C=O) groups excluding carboxylic acids is 1.